The molecule has 2 N–H and O–H groups in total. The second kappa shape index (κ2) is 5.29. The number of carbonyl (C=O) groups excluding carboxylic acids is 1. The number of rotatable bonds is 3. The Balaban J connectivity index is 2.24. The first-order chi connectivity index (χ1) is 8.63. The molecule has 0 atom stereocenters. The van der Waals surface area contributed by atoms with Gasteiger partial charge in [-0.05, 0) is 43.5 Å². The van der Waals surface area contributed by atoms with E-state index in [1.807, 2.05) is 34.9 Å². The van der Waals surface area contributed by atoms with Gasteiger partial charge in [-0.3, -0.25) is 4.90 Å². The molecule has 0 spiro atoms. The zero-order valence-electron chi connectivity index (χ0n) is 11.1. The fourth-order valence-corrected chi connectivity index (χ4v) is 2.46. The van der Waals surface area contributed by atoms with E-state index in [0.717, 1.165) is 49.4 Å². The highest BCUT2D eigenvalue weighted by atomic mass is 16.2. The van der Waals surface area contributed by atoms with E-state index in [0.29, 0.717) is 0 Å². The number of aryl methyl sites for hydroxylation is 1. The molecule has 2 rings (SSSR count). The third-order valence-corrected chi connectivity index (χ3v) is 3.32. The van der Waals surface area contributed by atoms with Crippen molar-refractivity contribution < 1.29 is 4.79 Å². The summed E-state index contributed by atoms with van der Waals surface area (Å²) in [7, 11) is 0. The number of nitrogens with two attached hydrogens (primary N) is 1. The van der Waals surface area contributed by atoms with Crippen LogP contribution in [-0.2, 0) is 0 Å². The van der Waals surface area contributed by atoms with E-state index in [1.54, 1.807) is 0 Å². The molecule has 0 unspecified atom stereocenters. The Kier molecular flexibility index (Phi) is 3.75. The summed E-state index contributed by atoms with van der Waals surface area (Å²) in [5, 5.41) is 0. The minimum absolute atomic E-state index is 0.121. The number of nitrogens with zero attached hydrogens (tertiary/aromatic N) is 2. The van der Waals surface area contributed by atoms with Gasteiger partial charge < -0.3 is 10.6 Å². The van der Waals surface area contributed by atoms with Crippen molar-refractivity contribution in [3.8, 4) is 0 Å². The molecule has 1 aromatic carbocycles. The van der Waals surface area contributed by atoms with Crippen molar-refractivity contribution in [2.24, 2.45) is 0 Å². The first kappa shape index (κ1) is 12.7. The summed E-state index contributed by atoms with van der Waals surface area (Å²) < 4.78 is 0. The Morgan fingerprint density at radius 3 is 2.78 bits per heavy atom. The molecule has 0 aliphatic carbocycles. The van der Waals surface area contributed by atoms with Gasteiger partial charge in [0.15, 0.2) is 0 Å². The molecular weight excluding hydrogens is 226 g/mol. The largest absolute Gasteiger partial charge is 0.399 e. The number of hydrogen-bond acceptors (Lipinski definition) is 2. The van der Waals surface area contributed by atoms with Crippen LogP contribution in [0.1, 0.15) is 25.3 Å². The van der Waals surface area contributed by atoms with E-state index in [4.69, 9.17) is 5.73 Å². The van der Waals surface area contributed by atoms with Gasteiger partial charge in [0.2, 0.25) is 0 Å². The molecule has 0 radical (unpaired) electrons. The summed E-state index contributed by atoms with van der Waals surface area (Å²) in [6.45, 7) is 6.60. The predicted molar refractivity (Wildman–Crippen MR) is 74.8 cm³/mol. The standard InChI is InChI=1S/C14H21N3O/c1-3-7-16-8-4-9-17(14(16)18)13-6-5-12(15)10-11(13)2/h5-6,10H,3-4,7-9,15H2,1-2H3. The molecule has 4 nitrogen and oxygen atoms in total. The number of amides is 2. The van der Waals surface area contributed by atoms with Gasteiger partial charge in [0.1, 0.15) is 0 Å². The van der Waals surface area contributed by atoms with Crippen LogP contribution in [0.4, 0.5) is 16.2 Å². The highest BCUT2D eigenvalue weighted by molar-refractivity contribution is 5.93. The molecule has 1 aliphatic heterocycles. The fourth-order valence-electron chi connectivity index (χ4n) is 2.46. The third-order valence-electron chi connectivity index (χ3n) is 3.32. The van der Waals surface area contributed by atoms with E-state index < -0.39 is 0 Å². The van der Waals surface area contributed by atoms with Gasteiger partial charge >= 0.3 is 6.03 Å². The molecular formula is C14H21N3O. The molecule has 1 fully saturated rings. The summed E-state index contributed by atoms with van der Waals surface area (Å²) in [5.41, 5.74) is 8.53. The van der Waals surface area contributed by atoms with Crippen LogP contribution >= 0.6 is 0 Å². The molecule has 1 heterocycles. The number of carbonyl (C=O) groups is 1. The lowest BCUT2D eigenvalue weighted by atomic mass is 10.1. The molecule has 18 heavy (non-hydrogen) atoms. The van der Waals surface area contributed by atoms with Crippen molar-refractivity contribution >= 4 is 17.4 Å². The number of urea groups is 1. The van der Waals surface area contributed by atoms with Crippen molar-refractivity contribution in [3.63, 3.8) is 0 Å². The molecule has 1 aromatic rings. The highest BCUT2D eigenvalue weighted by Gasteiger charge is 2.26. The number of hydrogen-bond donors (Lipinski definition) is 1. The Bertz CT molecular complexity index is 443. The van der Waals surface area contributed by atoms with Gasteiger partial charge in [-0.15, -0.1) is 0 Å². The van der Waals surface area contributed by atoms with Crippen molar-refractivity contribution in [3.05, 3.63) is 23.8 Å². The van der Waals surface area contributed by atoms with Crippen LogP contribution in [0.2, 0.25) is 0 Å². The topological polar surface area (TPSA) is 49.6 Å². The van der Waals surface area contributed by atoms with Crippen molar-refractivity contribution in [2.45, 2.75) is 26.7 Å². The fraction of sp³-hybridized carbons (Fsp3) is 0.500. The lowest BCUT2D eigenvalue weighted by Gasteiger charge is -2.36. The van der Waals surface area contributed by atoms with Crippen molar-refractivity contribution in [2.75, 3.05) is 30.3 Å². The van der Waals surface area contributed by atoms with Gasteiger partial charge in [0, 0.05) is 31.0 Å². The highest BCUT2D eigenvalue weighted by Crippen LogP contribution is 2.25. The maximum atomic E-state index is 12.4. The maximum Gasteiger partial charge on any atom is 0.324 e. The zero-order chi connectivity index (χ0) is 13.1. The molecule has 1 aliphatic rings. The first-order valence-electron chi connectivity index (χ1n) is 6.56. The second-order valence-electron chi connectivity index (χ2n) is 4.82. The van der Waals surface area contributed by atoms with Gasteiger partial charge in [0.05, 0.1) is 0 Å². The van der Waals surface area contributed by atoms with Gasteiger partial charge in [-0.1, -0.05) is 6.92 Å². The molecule has 0 bridgehead atoms. The lowest BCUT2D eigenvalue weighted by molar-refractivity contribution is 0.195. The maximum absolute atomic E-state index is 12.4. The average Bonchev–Trinajstić information content (AvgIpc) is 2.33. The van der Waals surface area contributed by atoms with E-state index in [9.17, 15) is 4.79 Å². The number of benzene rings is 1. The Labute approximate surface area is 108 Å². The van der Waals surface area contributed by atoms with E-state index in [-0.39, 0.29) is 6.03 Å². The molecule has 4 heteroatoms. The smallest absolute Gasteiger partial charge is 0.324 e. The van der Waals surface area contributed by atoms with Gasteiger partial charge in [-0.2, -0.15) is 0 Å². The Morgan fingerprint density at radius 1 is 1.33 bits per heavy atom. The first-order valence-corrected chi connectivity index (χ1v) is 6.56. The van der Waals surface area contributed by atoms with E-state index in [2.05, 4.69) is 6.92 Å². The van der Waals surface area contributed by atoms with Crippen molar-refractivity contribution in [1.82, 2.24) is 4.90 Å². The lowest BCUT2D eigenvalue weighted by Crippen LogP contribution is -2.49. The molecule has 0 aromatic heterocycles. The molecule has 0 saturated carbocycles. The quantitative estimate of drug-likeness (QED) is 0.835. The van der Waals surface area contributed by atoms with Crippen LogP contribution in [-0.4, -0.2) is 30.6 Å². The van der Waals surface area contributed by atoms with Crippen LogP contribution in [0.25, 0.3) is 0 Å². The summed E-state index contributed by atoms with van der Waals surface area (Å²) in [6.07, 6.45) is 2.02. The second-order valence-corrected chi connectivity index (χ2v) is 4.82. The molecule has 2 amide bonds. The monoisotopic (exact) mass is 247 g/mol. The molecule has 98 valence electrons. The summed E-state index contributed by atoms with van der Waals surface area (Å²) >= 11 is 0. The Morgan fingerprint density at radius 2 is 2.11 bits per heavy atom. The van der Waals surface area contributed by atoms with Crippen LogP contribution in [0.5, 0.6) is 0 Å². The minimum atomic E-state index is 0.121. The average molecular weight is 247 g/mol. The van der Waals surface area contributed by atoms with Crippen molar-refractivity contribution in [1.29, 1.82) is 0 Å². The van der Waals surface area contributed by atoms with E-state index >= 15 is 0 Å². The van der Waals surface area contributed by atoms with Crippen LogP contribution in [0, 0.1) is 6.92 Å². The number of anilines is 2. The van der Waals surface area contributed by atoms with Crippen LogP contribution in [0.15, 0.2) is 18.2 Å². The minimum Gasteiger partial charge on any atom is -0.399 e. The number of nitrogen functional groups attached to an aromatic ring is 1. The summed E-state index contributed by atoms with van der Waals surface area (Å²) in [6, 6.07) is 5.84. The van der Waals surface area contributed by atoms with Crippen LogP contribution in [0.3, 0.4) is 0 Å². The van der Waals surface area contributed by atoms with E-state index in [1.165, 1.54) is 0 Å². The summed E-state index contributed by atoms with van der Waals surface area (Å²) in [4.78, 5) is 16.2. The summed E-state index contributed by atoms with van der Waals surface area (Å²) in [5.74, 6) is 0. The normalized spacial score (nSPS) is 16.2. The zero-order valence-corrected chi connectivity index (χ0v) is 11.1. The molecule has 1 saturated heterocycles. The van der Waals surface area contributed by atoms with Gasteiger partial charge in [0.25, 0.3) is 0 Å². The predicted octanol–water partition coefficient (Wildman–Crippen LogP) is 2.62. The Hall–Kier alpha value is -1.71. The SMILES string of the molecule is CCCN1CCCN(c2ccc(N)cc2C)C1=O. The van der Waals surface area contributed by atoms with Gasteiger partial charge in [-0.25, -0.2) is 4.79 Å². The van der Waals surface area contributed by atoms with Crippen LogP contribution < -0.4 is 10.6 Å². The third kappa shape index (κ3) is 2.42.